The second-order valence-corrected chi connectivity index (χ2v) is 3.36. The van der Waals surface area contributed by atoms with Gasteiger partial charge >= 0.3 is 6.03 Å². The van der Waals surface area contributed by atoms with Gasteiger partial charge in [-0.15, -0.1) is 0 Å². The van der Waals surface area contributed by atoms with E-state index in [2.05, 4.69) is 0 Å². The van der Waals surface area contributed by atoms with Crippen molar-refractivity contribution >= 4 is 17.6 Å². The summed E-state index contributed by atoms with van der Waals surface area (Å²) in [5.74, 6) is -0.621. The number of nitrogens with one attached hydrogen (secondary N) is 1. The molecule has 0 atom stereocenters. The van der Waals surface area contributed by atoms with E-state index in [1.165, 1.54) is 18.2 Å². The minimum Gasteiger partial charge on any atom is -0.376 e. The van der Waals surface area contributed by atoms with Crippen LogP contribution >= 0.6 is 0 Å². The largest absolute Gasteiger partial charge is 0.376 e. The van der Waals surface area contributed by atoms with Crippen LogP contribution in [0.25, 0.3) is 0 Å². The zero-order chi connectivity index (χ0) is 11.7. The maximum Gasteiger partial charge on any atom is 0.332 e. The lowest BCUT2D eigenvalue weighted by Gasteiger charge is -2.16. The molecule has 1 aromatic rings. The van der Waals surface area contributed by atoms with E-state index in [9.17, 15) is 9.18 Å². The first kappa shape index (κ1) is 10.6. The second kappa shape index (κ2) is 3.90. The van der Waals surface area contributed by atoms with Gasteiger partial charge in [0.1, 0.15) is 18.4 Å². The number of carbonyl (C=O) groups is 1. The smallest absolute Gasteiger partial charge is 0.332 e. The number of urea groups is 1. The van der Waals surface area contributed by atoms with Crippen LogP contribution in [0.15, 0.2) is 24.3 Å². The summed E-state index contributed by atoms with van der Waals surface area (Å²) in [6.07, 6.45) is 0. The van der Waals surface area contributed by atoms with E-state index in [-0.39, 0.29) is 18.1 Å². The molecule has 0 aromatic heterocycles. The predicted octanol–water partition coefficient (Wildman–Crippen LogP) is 0.995. The third-order valence-electron chi connectivity index (χ3n) is 2.34. The van der Waals surface area contributed by atoms with E-state index in [0.29, 0.717) is 0 Å². The average Bonchev–Trinajstić information content (AvgIpc) is 2.55. The van der Waals surface area contributed by atoms with Crippen molar-refractivity contribution in [2.45, 2.75) is 0 Å². The number of anilines is 1. The fourth-order valence-corrected chi connectivity index (χ4v) is 1.57. The number of halogens is 1. The number of carbonyl (C=O) groups excluding carboxylic acids is 1. The van der Waals surface area contributed by atoms with Crippen LogP contribution in [0.5, 0.6) is 0 Å². The summed E-state index contributed by atoms with van der Waals surface area (Å²) in [4.78, 5) is 13.7. The molecule has 1 aliphatic heterocycles. The van der Waals surface area contributed by atoms with Crippen LogP contribution in [0.4, 0.5) is 14.9 Å². The van der Waals surface area contributed by atoms with Crippen LogP contribution in [0.2, 0.25) is 0 Å². The van der Waals surface area contributed by atoms with E-state index >= 15 is 0 Å². The minimum atomic E-state index is -0.586. The number of amides is 2. The molecule has 2 amide bonds. The van der Waals surface area contributed by atoms with E-state index < -0.39 is 18.6 Å². The van der Waals surface area contributed by atoms with Gasteiger partial charge in [0, 0.05) is 0 Å². The van der Waals surface area contributed by atoms with Crippen molar-refractivity contribution in [2.24, 2.45) is 0 Å². The maximum absolute atomic E-state index is 13.4. The van der Waals surface area contributed by atoms with Crippen molar-refractivity contribution in [3.63, 3.8) is 0 Å². The van der Waals surface area contributed by atoms with Gasteiger partial charge in [0.25, 0.3) is 0 Å². The number of aliphatic hydroxyl groups excluding tert-OH is 1. The highest BCUT2D eigenvalue weighted by molar-refractivity contribution is 6.20. The molecule has 0 aliphatic carbocycles. The Bertz CT molecular complexity index is 449. The summed E-state index contributed by atoms with van der Waals surface area (Å²) in [7, 11) is 0. The Balaban J connectivity index is 2.39. The third-order valence-corrected chi connectivity index (χ3v) is 2.34. The number of nitrogens with zero attached hydrogens (tertiary/aromatic N) is 2. The normalized spacial score (nSPS) is 16.1. The average molecular weight is 223 g/mol. The van der Waals surface area contributed by atoms with Gasteiger partial charge in [0.15, 0.2) is 0 Å². The van der Waals surface area contributed by atoms with E-state index in [1.807, 2.05) is 0 Å². The van der Waals surface area contributed by atoms with Gasteiger partial charge in [-0.2, -0.15) is 0 Å². The molecular weight excluding hydrogens is 213 g/mol. The molecule has 0 saturated carbocycles. The first-order valence-corrected chi connectivity index (χ1v) is 4.67. The SMILES string of the molecule is N=C1CN(CO)C(=O)N1c1ccccc1F. The number of rotatable bonds is 2. The summed E-state index contributed by atoms with van der Waals surface area (Å²) < 4.78 is 13.4. The molecule has 6 heteroatoms. The number of hydrogen-bond donors (Lipinski definition) is 2. The molecule has 1 fully saturated rings. The molecule has 5 nitrogen and oxygen atoms in total. The Morgan fingerprint density at radius 1 is 1.44 bits per heavy atom. The second-order valence-electron chi connectivity index (χ2n) is 3.36. The Kier molecular flexibility index (Phi) is 2.57. The van der Waals surface area contributed by atoms with Crippen LogP contribution in [0, 0.1) is 11.2 Å². The molecule has 0 radical (unpaired) electrons. The number of amidine groups is 1. The van der Waals surface area contributed by atoms with E-state index in [1.54, 1.807) is 6.07 Å². The molecule has 84 valence electrons. The lowest BCUT2D eigenvalue weighted by Crippen LogP contribution is -2.33. The highest BCUT2D eigenvalue weighted by Crippen LogP contribution is 2.23. The summed E-state index contributed by atoms with van der Waals surface area (Å²) >= 11 is 0. The summed E-state index contributed by atoms with van der Waals surface area (Å²) in [5.41, 5.74) is 0.0356. The van der Waals surface area contributed by atoms with Crippen molar-refractivity contribution in [3.8, 4) is 0 Å². The lowest BCUT2D eigenvalue weighted by atomic mass is 10.3. The fourth-order valence-electron chi connectivity index (χ4n) is 1.57. The molecule has 2 rings (SSSR count). The molecular formula is C10H10FN3O2. The van der Waals surface area contributed by atoms with Crippen LogP contribution in [0.3, 0.4) is 0 Å². The molecule has 1 aliphatic rings. The van der Waals surface area contributed by atoms with Crippen molar-refractivity contribution in [2.75, 3.05) is 18.2 Å². The number of hydrogen-bond acceptors (Lipinski definition) is 3. The van der Waals surface area contributed by atoms with Gasteiger partial charge < -0.3 is 5.11 Å². The molecule has 0 spiro atoms. The van der Waals surface area contributed by atoms with Crippen LogP contribution < -0.4 is 4.90 Å². The Morgan fingerprint density at radius 3 is 2.69 bits per heavy atom. The van der Waals surface area contributed by atoms with Crippen LogP contribution in [-0.2, 0) is 0 Å². The fraction of sp³-hybridized carbons (Fsp3) is 0.200. The highest BCUT2D eigenvalue weighted by Gasteiger charge is 2.35. The summed E-state index contributed by atoms with van der Waals surface area (Å²) in [6, 6.07) is 5.14. The van der Waals surface area contributed by atoms with Gasteiger partial charge in [0.2, 0.25) is 0 Å². The van der Waals surface area contributed by atoms with Crippen molar-refractivity contribution < 1.29 is 14.3 Å². The molecule has 2 N–H and O–H groups in total. The number of benzene rings is 1. The zero-order valence-corrected chi connectivity index (χ0v) is 8.35. The van der Waals surface area contributed by atoms with Gasteiger partial charge in [-0.1, -0.05) is 12.1 Å². The maximum atomic E-state index is 13.4. The Hall–Kier alpha value is -1.95. The first-order valence-electron chi connectivity index (χ1n) is 4.67. The first-order chi connectivity index (χ1) is 7.65. The monoisotopic (exact) mass is 223 g/mol. The van der Waals surface area contributed by atoms with Crippen molar-refractivity contribution in [1.82, 2.24) is 4.90 Å². The molecule has 1 saturated heterocycles. The molecule has 0 unspecified atom stereocenters. The predicted molar refractivity (Wildman–Crippen MR) is 55.8 cm³/mol. The molecule has 0 bridgehead atoms. The molecule has 16 heavy (non-hydrogen) atoms. The number of aliphatic hydroxyl groups is 1. The van der Waals surface area contributed by atoms with Crippen LogP contribution in [-0.4, -0.2) is 35.1 Å². The van der Waals surface area contributed by atoms with Gasteiger partial charge in [0.05, 0.1) is 12.2 Å². The third kappa shape index (κ3) is 1.53. The lowest BCUT2D eigenvalue weighted by molar-refractivity contribution is 0.146. The molecule has 1 heterocycles. The van der Waals surface area contributed by atoms with Crippen LogP contribution in [0.1, 0.15) is 0 Å². The highest BCUT2D eigenvalue weighted by atomic mass is 19.1. The van der Waals surface area contributed by atoms with Gasteiger partial charge in [-0.25, -0.2) is 14.1 Å². The number of para-hydroxylation sites is 1. The molecule has 1 aromatic carbocycles. The Morgan fingerprint density at radius 2 is 2.12 bits per heavy atom. The minimum absolute atomic E-state index is 0.0103. The quantitative estimate of drug-likeness (QED) is 0.785. The van der Waals surface area contributed by atoms with Gasteiger partial charge in [-0.3, -0.25) is 10.3 Å². The zero-order valence-electron chi connectivity index (χ0n) is 8.35. The van der Waals surface area contributed by atoms with Crippen molar-refractivity contribution in [3.05, 3.63) is 30.1 Å². The summed E-state index contributed by atoms with van der Waals surface area (Å²) in [5, 5.41) is 16.5. The topological polar surface area (TPSA) is 67.6 Å². The Labute approximate surface area is 91.2 Å². The standard InChI is InChI=1S/C10H10FN3O2/c11-7-3-1-2-4-8(7)14-9(12)5-13(6-15)10(14)16/h1-4,12,15H,5-6H2. The van der Waals surface area contributed by atoms with E-state index in [4.69, 9.17) is 10.5 Å². The summed E-state index contributed by atoms with van der Waals surface area (Å²) in [6.45, 7) is -0.490. The van der Waals surface area contributed by atoms with E-state index in [0.717, 1.165) is 9.80 Å². The van der Waals surface area contributed by atoms with Gasteiger partial charge in [-0.05, 0) is 12.1 Å². The van der Waals surface area contributed by atoms with Crippen molar-refractivity contribution in [1.29, 1.82) is 5.41 Å².